The van der Waals surface area contributed by atoms with Crippen molar-refractivity contribution in [2.45, 2.75) is 53.6 Å². The van der Waals surface area contributed by atoms with Crippen LogP contribution in [-0.4, -0.2) is 66.1 Å². The molecule has 0 saturated heterocycles. The van der Waals surface area contributed by atoms with Crippen molar-refractivity contribution in [1.29, 1.82) is 0 Å². The lowest BCUT2D eigenvalue weighted by atomic mass is 10.4. The molecule has 0 aromatic rings. The summed E-state index contributed by atoms with van der Waals surface area (Å²) < 4.78 is 36.0. The van der Waals surface area contributed by atoms with Crippen molar-refractivity contribution in [3.05, 3.63) is 11.3 Å². The highest BCUT2D eigenvalue weighted by atomic mass is 35.6. The highest BCUT2D eigenvalue weighted by Gasteiger charge is 2.46. The highest BCUT2D eigenvalue weighted by molar-refractivity contribution is 6.96. The molecule has 10 heteroatoms. The van der Waals surface area contributed by atoms with Crippen molar-refractivity contribution in [3.63, 3.8) is 0 Å². The van der Waals surface area contributed by atoms with Crippen LogP contribution in [0.4, 0.5) is 0 Å². The molecule has 0 fully saturated rings. The van der Waals surface area contributed by atoms with E-state index in [1.807, 2.05) is 41.5 Å². The van der Waals surface area contributed by atoms with E-state index in [0.717, 1.165) is 5.57 Å². The Morgan fingerprint density at radius 2 is 0.923 bits per heavy atom. The van der Waals surface area contributed by atoms with Crippen LogP contribution in [0.15, 0.2) is 11.3 Å². The maximum atomic E-state index is 6.16. The average Bonchev–Trinajstić information content (AvgIpc) is 2.56. The minimum atomic E-state index is -2.81. The van der Waals surface area contributed by atoms with Gasteiger partial charge >= 0.3 is 17.6 Å². The topological polar surface area (TPSA) is 55.4 Å². The third-order valence-corrected chi connectivity index (χ3v) is 10.8. The van der Waals surface area contributed by atoms with Gasteiger partial charge in [0.05, 0.1) is 0 Å². The molecule has 0 bridgehead atoms. The Bertz CT molecular complexity index is 323. The SMILES string of the molecule is CCO[Si](CC(=C[SiH2]Cl)C[Si](OCC)(OCC)OCC)(OCC)OCC. The van der Waals surface area contributed by atoms with Crippen molar-refractivity contribution in [2.75, 3.05) is 39.6 Å². The zero-order valence-electron chi connectivity index (χ0n) is 17.3. The summed E-state index contributed by atoms with van der Waals surface area (Å²) >= 11 is 6.16. The van der Waals surface area contributed by atoms with E-state index in [9.17, 15) is 0 Å². The van der Waals surface area contributed by atoms with Crippen molar-refractivity contribution >= 4 is 37.5 Å². The molecule has 0 aliphatic carbocycles. The first kappa shape index (κ1) is 26.4. The van der Waals surface area contributed by atoms with Gasteiger partial charge < -0.3 is 26.6 Å². The van der Waals surface area contributed by atoms with Crippen LogP contribution in [0.3, 0.4) is 0 Å². The van der Waals surface area contributed by atoms with Crippen molar-refractivity contribution in [2.24, 2.45) is 0 Å². The Labute approximate surface area is 168 Å². The van der Waals surface area contributed by atoms with Gasteiger partial charge in [-0.05, 0) is 41.5 Å². The fraction of sp³-hybridized carbons (Fsp3) is 0.875. The number of hydrogen-bond donors (Lipinski definition) is 0. The molecule has 26 heavy (non-hydrogen) atoms. The smallest absolute Gasteiger partial charge is 0.374 e. The summed E-state index contributed by atoms with van der Waals surface area (Å²) in [6.07, 6.45) is 0. The van der Waals surface area contributed by atoms with Gasteiger partial charge in [-0.15, -0.1) is 0 Å². The van der Waals surface area contributed by atoms with Gasteiger partial charge in [-0.1, -0.05) is 11.3 Å². The Kier molecular flexibility index (Phi) is 15.6. The van der Waals surface area contributed by atoms with E-state index in [-0.39, 0.29) is 0 Å². The molecule has 0 unspecified atom stereocenters. The van der Waals surface area contributed by atoms with Gasteiger partial charge in [0.15, 0.2) is 0 Å². The first-order valence-electron chi connectivity index (χ1n) is 9.58. The molecule has 6 nitrogen and oxygen atoms in total. The van der Waals surface area contributed by atoms with E-state index in [4.69, 9.17) is 37.6 Å². The van der Waals surface area contributed by atoms with Crippen LogP contribution in [0.1, 0.15) is 41.5 Å². The van der Waals surface area contributed by atoms with E-state index < -0.39 is 26.4 Å². The zero-order chi connectivity index (χ0) is 19.9. The van der Waals surface area contributed by atoms with Crippen LogP contribution < -0.4 is 0 Å². The monoisotopic (exact) mass is 444 g/mol. The fourth-order valence-corrected chi connectivity index (χ4v) is 10.1. The molecule has 0 atom stereocenters. The molecule has 156 valence electrons. The van der Waals surface area contributed by atoms with Crippen LogP contribution >= 0.6 is 11.1 Å². The summed E-state index contributed by atoms with van der Waals surface area (Å²) in [6.45, 7) is 15.0. The van der Waals surface area contributed by atoms with E-state index in [2.05, 4.69) is 5.70 Å². The normalized spacial score (nSPS) is 12.9. The summed E-state index contributed by atoms with van der Waals surface area (Å²) in [5.74, 6) is 0. The maximum absolute atomic E-state index is 6.16. The molecule has 0 aliphatic rings. The lowest BCUT2D eigenvalue weighted by Gasteiger charge is -2.33. The molecule has 0 N–H and O–H groups in total. The molecule has 0 spiro atoms. The lowest BCUT2D eigenvalue weighted by Crippen LogP contribution is -2.49. The van der Waals surface area contributed by atoms with E-state index in [1.54, 1.807) is 0 Å². The number of hydrogen-bond acceptors (Lipinski definition) is 6. The summed E-state index contributed by atoms with van der Waals surface area (Å²) in [4.78, 5) is 0. The van der Waals surface area contributed by atoms with Crippen LogP contribution in [0, 0.1) is 0 Å². The number of halogens is 1. The molecule has 0 rings (SSSR count). The van der Waals surface area contributed by atoms with Crippen molar-refractivity contribution in [1.82, 2.24) is 0 Å². The molecule has 0 radical (unpaired) electrons. The third kappa shape index (κ3) is 9.58. The van der Waals surface area contributed by atoms with Crippen LogP contribution in [-0.2, 0) is 26.6 Å². The number of allylic oxidation sites excluding steroid dienone is 1. The van der Waals surface area contributed by atoms with Gasteiger partial charge in [0.2, 0.25) is 0 Å². The summed E-state index contributed by atoms with van der Waals surface area (Å²) in [5, 5.41) is 0. The fourth-order valence-electron chi connectivity index (χ4n) is 2.75. The average molecular weight is 445 g/mol. The standard InChI is InChI=1S/C16H37ClO6Si3/c1-7-18-25(19-8-2,20-9-3)14-16(13-24-17)15-26(21-10-4,22-11-5)23-12-6/h13H,7-12,14-15,24H2,1-6H3. The lowest BCUT2D eigenvalue weighted by molar-refractivity contribution is 0.0699. The van der Waals surface area contributed by atoms with E-state index >= 15 is 0 Å². The second kappa shape index (κ2) is 15.4. The minimum Gasteiger partial charge on any atom is -0.374 e. The molecule has 0 heterocycles. The highest BCUT2D eigenvalue weighted by Crippen LogP contribution is 2.29. The van der Waals surface area contributed by atoms with Gasteiger partial charge in [-0.2, -0.15) is 11.1 Å². The Morgan fingerprint density at radius 3 is 1.12 bits per heavy atom. The van der Waals surface area contributed by atoms with Crippen LogP contribution in [0.5, 0.6) is 0 Å². The van der Waals surface area contributed by atoms with Crippen LogP contribution in [0.2, 0.25) is 12.1 Å². The van der Waals surface area contributed by atoms with Gasteiger partial charge in [-0.25, -0.2) is 0 Å². The Hall–Kier alpha value is 0.441. The van der Waals surface area contributed by atoms with E-state index in [0.29, 0.717) is 51.7 Å². The first-order chi connectivity index (χ1) is 12.5. The van der Waals surface area contributed by atoms with Crippen molar-refractivity contribution < 1.29 is 26.6 Å². The summed E-state index contributed by atoms with van der Waals surface area (Å²) in [7, 11) is -6.46. The summed E-state index contributed by atoms with van der Waals surface area (Å²) in [6, 6.07) is 1.18. The first-order valence-corrected chi connectivity index (χ1v) is 16.4. The van der Waals surface area contributed by atoms with Gasteiger partial charge in [0.1, 0.15) is 8.83 Å². The molecular formula is C16H37ClO6Si3. The minimum absolute atomic E-state index is 0.544. The van der Waals surface area contributed by atoms with Gasteiger partial charge in [0, 0.05) is 51.7 Å². The molecular weight excluding hydrogens is 408 g/mol. The molecule has 0 amide bonds. The molecule has 0 aromatic heterocycles. The second-order valence-electron chi connectivity index (χ2n) is 5.33. The largest absolute Gasteiger partial charge is 0.505 e. The predicted molar refractivity (Wildman–Crippen MR) is 113 cm³/mol. The predicted octanol–water partition coefficient (Wildman–Crippen LogP) is 3.29. The third-order valence-electron chi connectivity index (χ3n) is 3.44. The number of rotatable bonds is 17. The van der Waals surface area contributed by atoms with Gasteiger partial charge in [0.25, 0.3) is 0 Å². The van der Waals surface area contributed by atoms with E-state index in [1.165, 1.54) is 0 Å². The zero-order valence-corrected chi connectivity index (χ0v) is 21.4. The maximum Gasteiger partial charge on any atom is 0.505 e. The molecule has 0 aliphatic heterocycles. The second-order valence-corrected chi connectivity index (χ2v) is 12.1. The Balaban J connectivity index is 5.60. The molecule has 0 aromatic carbocycles. The van der Waals surface area contributed by atoms with Crippen LogP contribution in [0.25, 0.3) is 0 Å². The molecule has 0 saturated carbocycles. The Morgan fingerprint density at radius 1 is 0.654 bits per heavy atom. The quantitative estimate of drug-likeness (QED) is 0.253. The van der Waals surface area contributed by atoms with Gasteiger partial charge in [-0.3, -0.25) is 0 Å². The van der Waals surface area contributed by atoms with Crippen molar-refractivity contribution in [3.8, 4) is 0 Å². The summed E-state index contributed by atoms with van der Waals surface area (Å²) in [5.41, 5.74) is 3.22.